The highest BCUT2D eigenvalue weighted by molar-refractivity contribution is 7.86. The normalized spacial score (nSPS) is 24.5. The number of benzene rings is 1. The number of morpholine rings is 1. The van der Waals surface area contributed by atoms with Gasteiger partial charge in [0.2, 0.25) is 0 Å². The van der Waals surface area contributed by atoms with Gasteiger partial charge in [-0.05, 0) is 36.5 Å². The number of hydrogen-bond acceptors (Lipinski definition) is 4. The Kier molecular flexibility index (Phi) is 5.76. The molecule has 24 heavy (non-hydrogen) atoms. The van der Waals surface area contributed by atoms with Crippen LogP contribution in [-0.2, 0) is 14.9 Å². The molecule has 1 aromatic rings. The first kappa shape index (κ1) is 17.7. The Morgan fingerprint density at radius 3 is 2.42 bits per heavy atom. The number of rotatable bonds is 4. The first-order valence-electron chi connectivity index (χ1n) is 8.58. The van der Waals surface area contributed by atoms with Crippen LogP contribution in [0, 0.1) is 0 Å². The highest BCUT2D eigenvalue weighted by Gasteiger charge is 2.33. The molecule has 0 amide bonds. The Morgan fingerprint density at radius 1 is 1.04 bits per heavy atom. The first-order chi connectivity index (χ1) is 11.6. The second-order valence-corrected chi connectivity index (χ2v) is 8.27. The van der Waals surface area contributed by atoms with Crippen molar-refractivity contribution in [1.29, 1.82) is 0 Å². The zero-order chi connectivity index (χ0) is 17.0. The second kappa shape index (κ2) is 7.82. The molecule has 2 aliphatic rings. The summed E-state index contributed by atoms with van der Waals surface area (Å²) in [6, 6.07) is 7.99. The molecule has 6 nitrogen and oxygen atoms in total. The molecule has 2 saturated heterocycles. The van der Waals surface area contributed by atoms with E-state index in [1.54, 1.807) is 15.7 Å². The van der Waals surface area contributed by atoms with E-state index in [1.807, 2.05) is 24.3 Å². The minimum absolute atomic E-state index is 0.231. The Bertz CT molecular complexity index is 626. The molecular weight excluding hydrogens is 328 g/mol. The molecule has 0 saturated carbocycles. The Morgan fingerprint density at radius 2 is 1.75 bits per heavy atom. The van der Waals surface area contributed by atoms with E-state index in [0.717, 1.165) is 25.0 Å². The van der Waals surface area contributed by atoms with Crippen LogP contribution in [0.3, 0.4) is 0 Å². The minimum atomic E-state index is -3.40. The van der Waals surface area contributed by atoms with Crippen molar-refractivity contribution >= 4 is 10.2 Å². The van der Waals surface area contributed by atoms with E-state index in [0.29, 0.717) is 39.4 Å². The zero-order valence-electron chi connectivity index (χ0n) is 14.2. The maximum Gasteiger partial charge on any atom is 0.282 e. The fourth-order valence-corrected chi connectivity index (χ4v) is 5.07. The lowest BCUT2D eigenvalue weighted by Crippen LogP contribution is -2.49. The summed E-state index contributed by atoms with van der Waals surface area (Å²) in [6.07, 6.45) is 2.98. The van der Waals surface area contributed by atoms with Crippen LogP contribution in [0.15, 0.2) is 24.3 Å². The third-order valence-corrected chi connectivity index (χ3v) is 6.85. The van der Waals surface area contributed by atoms with Crippen molar-refractivity contribution in [2.75, 3.05) is 46.5 Å². The van der Waals surface area contributed by atoms with Crippen LogP contribution >= 0.6 is 0 Å². The molecule has 1 atom stereocenters. The van der Waals surface area contributed by atoms with E-state index >= 15 is 0 Å². The Hall–Kier alpha value is -1.15. The van der Waals surface area contributed by atoms with Crippen LogP contribution < -0.4 is 4.74 Å². The molecule has 0 unspecified atom stereocenters. The lowest BCUT2D eigenvalue weighted by Gasteiger charge is -2.32. The van der Waals surface area contributed by atoms with Gasteiger partial charge in [0.1, 0.15) is 5.75 Å². The van der Waals surface area contributed by atoms with Crippen molar-refractivity contribution in [3.8, 4) is 5.75 Å². The molecule has 0 radical (unpaired) electrons. The van der Waals surface area contributed by atoms with Gasteiger partial charge in [0, 0.05) is 26.2 Å². The van der Waals surface area contributed by atoms with Crippen LogP contribution in [0.4, 0.5) is 0 Å². The number of ether oxygens (including phenoxy) is 2. The monoisotopic (exact) mass is 354 g/mol. The van der Waals surface area contributed by atoms with E-state index in [2.05, 4.69) is 0 Å². The summed E-state index contributed by atoms with van der Waals surface area (Å²) in [5.74, 6) is 1.05. The van der Waals surface area contributed by atoms with E-state index in [1.165, 1.54) is 5.56 Å². The van der Waals surface area contributed by atoms with Crippen molar-refractivity contribution < 1.29 is 17.9 Å². The molecule has 0 aliphatic carbocycles. The van der Waals surface area contributed by atoms with Crippen LogP contribution in [0.2, 0.25) is 0 Å². The Labute approximate surface area is 144 Å². The summed E-state index contributed by atoms with van der Waals surface area (Å²) in [5.41, 5.74) is 1.18. The van der Waals surface area contributed by atoms with Gasteiger partial charge in [-0.15, -0.1) is 0 Å². The summed E-state index contributed by atoms with van der Waals surface area (Å²) < 4.78 is 39.6. The van der Waals surface area contributed by atoms with Gasteiger partial charge in [0.05, 0.1) is 20.3 Å². The molecule has 134 valence electrons. The molecule has 1 aromatic carbocycles. The molecule has 7 heteroatoms. The van der Waals surface area contributed by atoms with Crippen LogP contribution in [-0.4, -0.2) is 63.5 Å². The highest BCUT2D eigenvalue weighted by atomic mass is 32.2. The Balaban J connectivity index is 1.76. The molecule has 2 fully saturated rings. The SMILES string of the molecule is COc1ccc([C@@H]2CCCCN(S(=O)(=O)N3CCOCC3)C2)cc1. The molecule has 3 rings (SSSR count). The van der Waals surface area contributed by atoms with E-state index < -0.39 is 10.2 Å². The topological polar surface area (TPSA) is 59.1 Å². The van der Waals surface area contributed by atoms with Crippen molar-refractivity contribution in [1.82, 2.24) is 8.61 Å². The van der Waals surface area contributed by atoms with Gasteiger partial charge in [0.25, 0.3) is 10.2 Å². The van der Waals surface area contributed by atoms with Crippen LogP contribution in [0.5, 0.6) is 5.75 Å². The molecule has 0 spiro atoms. The van der Waals surface area contributed by atoms with Crippen molar-refractivity contribution in [3.05, 3.63) is 29.8 Å². The maximum atomic E-state index is 12.9. The van der Waals surface area contributed by atoms with Gasteiger partial charge in [-0.1, -0.05) is 18.6 Å². The van der Waals surface area contributed by atoms with Crippen molar-refractivity contribution in [3.63, 3.8) is 0 Å². The standard InChI is InChI=1S/C17H26N2O4S/c1-22-17-7-5-15(6-8-17)16-4-2-3-9-19(14-16)24(20,21)18-10-12-23-13-11-18/h5-8,16H,2-4,9-14H2,1H3/t16-/m1/s1. The minimum Gasteiger partial charge on any atom is -0.497 e. The summed E-state index contributed by atoms with van der Waals surface area (Å²) in [4.78, 5) is 0. The highest BCUT2D eigenvalue weighted by Crippen LogP contribution is 2.29. The summed E-state index contributed by atoms with van der Waals surface area (Å²) in [6.45, 7) is 3.01. The smallest absolute Gasteiger partial charge is 0.282 e. The lowest BCUT2D eigenvalue weighted by atomic mass is 9.94. The number of hydrogen-bond donors (Lipinski definition) is 0. The fraction of sp³-hybridized carbons (Fsp3) is 0.647. The quantitative estimate of drug-likeness (QED) is 0.828. The molecule has 0 N–H and O–H groups in total. The van der Waals surface area contributed by atoms with Gasteiger partial charge >= 0.3 is 0 Å². The third-order valence-electron chi connectivity index (χ3n) is 4.84. The van der Waals surface area contributed by atoms with E-state index in [-0.39, 0.29) is 5.92 Å². The average molecular weight is 354 g/mol. The fourth-order valence-electron chi connectivity index (χ4n) is 3.41. The molecule has 0 bridgehead atoms. The zero-order valence-corrected chi connectivity index (χ0v) is 15.0. The largest absolute Gasteiger partial charge is 0.497 e. The third kappa shape index (κ3) is 3.91. The average Bonchev–Trinajstić information content (AvgIpc) is 2.89. The maximum absolute atomic E-state index is 12.9. The summed E-state index contributed by atoms with van der Waals surface area (Å²) in [7, 11) is -1.75. The van der Waals surface area contributed by atoms with Gasteiger partial charge in [-0.25, -0.2) is 0 Å². The van der Waals surface area contributed by atoms with E-state index in [4.69, 9.17) is 9.47 Å². The lowest BCUT2D eigenvalue weighted by molar-refractivity contribution is 0.0701. The molecular formula is C17H26N2O4S. The first-order valence-corrected chi connectivity index (χ1v) is 9.98. The summed E-state index contributed by atoms with van der Waals surface area (Å²) >= 11 is 0. The van der Waals surface area contributed by atoms with Crippen molar-refractivity contribution in [2.45, 2.75) is 25.2 Å². The van der Waals surface area contributed by atoms with Crippen LogP contribution in [0.25, 0.3) is 0 Å². The predicted octanol–water partition coefficient (Wildman–Crippen LogP) is 1.84. The molecule has 2 heterocycles. The summed E-state index contributed by atoms with van der Waals surface area (Å²) in [5, 5.41) is 0. The van der Waals surface area contributed by atoms with Gasteiger partial charge in [-0.3, -0.25) is 0 Å². The second-order valence-electron chi connectivity index (χ2n) is 6.34. The van der Waals surface area contributed by atoms with Gasteiger partial charge in [0.15, 0.2) is 0 Å². The van der Waals surface area contributed by atoms with Gasteiger partial charge < -0.3 is 9.47 Å². The number of methoxy groups -OCH3 is 1. The van der Waals surface area contributed by atoms with Crippen molar-refractivity contribution in [2.24, 2.45) is 0 Å². The van der Waals surface area contributed by atoms with E-state index in [9.17, 15) is 8.42 Å². The van der Waals surface area contributed by atoms with Crippen LogP contribution in [0.1, 0.15) is 30.7 Å². The molecule has 2 aliphatic heterocycles. The predicted molar refractivity (Wildman–Crippen MR) is 92.5 cm³/mol. The van der Waals surface area contributed by atoms with Gasteiger partial charge in [-0.2, -0.15) is 17.0 Å². The number of nitrogens with zero attached hydrogens (tertiary/aromatic N) is 2. The molecule has 0 aromatic heterocycles.